The Morgan fingerprint density at radius 1 is 1.36 bits per heavy atom. The number of carbonyl (C=O) groups excluding carboxylic acids is 1. The molecule has 4 nitrogen and oxygen atoms in total. The quantitative estimate of drug-likeness (QED) is 0.864. The van der Waals surface area contributed by atoms with E-state index in [-0.39, 0.29) is 11.7 Å². The molecule has 1 unspecified atom stereocenters. The van der Waals surface area contributed by atoms with E-state index in [1.807, 2.05) is 13.0 Å². The second kappa shape index (κ2) is 7.53. The number of benzene rings is 1. The molecule has 25 heavy (non-hydrogen) atoms. The van der Waals surface area contributed by atoms with Crippen LogP contribution in [-0.2, 0) is 11.2 Å². The third kappa shape index (κ3) is 4.79. The van der Waals surface area contributed by atoms with Gasteiger partial charge in [-0.2, -0.15) is 5.26 Å². The molecule has 0 spiro atoms. The predicted octanol–water partition coefficient (Wildman–Crippen LogP) is 2.89. The van der Waals surface area contributed by atoms with E-state index in [0.29, 0.717) is 18.4 Å². The zero-order chi connectivity index (χ0) is 17.9. The first-order valence-corrected chi connectivity index (χ1v) is 9.17. The Labute approximate surface area is 149 Å². The molecule has 2 aliphatic rings. The van der Waals surface area contributed by atoms with Crippen LogP contribution >= 0.6 is 0 Å². The lowest BCUT2D eigenvalue weighted by Gasteiger charge is -2.32. The van der Waals surface area contributed by atoms with Crippen LogP contribution in [0.5, 0.6) is 0 Å². The van der Waals surface area contributed by atoms with E-state index in [1.54, 1.807) is 12.1 Å². The average molecular weight is 343 g/mol. The Hall–Kier alpha value is -1.93. The second-order valence-electron chi connectivity index (χ2n) is 7.69. The summed E-state index contributed by atoms with van der Waals surface area (Å²) in [7, 11) is 0. The number of piperidine rings is 1. The molecular weight excluding hydrogens is 317 g/mol. The predicted molar refractivity (Wildman–Crippen MR) is 94.2 cm³/mol. The Kier molecular flexibility index (Phi) is 5.39. The van der Waals surface area contributed by atoms with E-state index >= 15 is 0 Å². The summed E-state index contributed by atoms with van der Waals surface area (Å²) >= 11 is 0. The molecule has 2 fully saturated rings. The van der Waals surface area contributed by atoms with Crippen molar-refractivity contribution >= 4 is 5.91 Å². The fourth-order valence-corrected chi connectivity index (χ4v) is 3.76. The van der Waals surface area contributed by atoms with Gasteiger partial charge >= 0.3 is 0 Å². The molecule has 1 atom stereocenters. The summed E-state index contributed by atoms with van der Waals surface area (Å²) in [4.78, 5) is 14.4. The van der Waals surface area contributed by atoms with Crippen molar-refractivity contribution in [2.45, 2.75) is 44.6 Å². The van der Waals surface area contributed by atoms with Gasteiger partial charge in [-0.05, 0) is 81.6 Å². The van der Waals surface area contributed by atoms with Crippen molar-refractivity contribution in [1.29, 1.82) is 5.26 Å². The number of nitrogens with zero attached hydrogens (tertiary/aromatic N) is 2. The third-order valence-corrected chi connectivity index (χ3v) is 5.51. The topological polar surface area (TPSA) is 56.1 Å². The van der Waals surface area contributed by atoms with Gasteiger partial charge in [-0.25, -0.2) is 4.39 Å². The van der Waals surface area contributed by atoms with Gasteiger partial charge in [0.2, 0.25) is 5.91 Å². The van der Waals surface area contributed by atoms with Gasteiger partial charge < -0.3 is 5.32 Å². The summed E-state index contributed by atoms with van der Waals surface area (Å²) in [6.45, 7) is 3.94. The lowest BCUT2D eigenvalue weighted by Crippen LogP contribution is -2.51. The second-order valence-corrected chi connectivity index (χ2v) is 7.69. The number of amides is 1. The fourth-order valence-electron chi connectivity index (χ4n) is 3.76. The van der Waals surface area contributed by atoms with Crippen LogP contribution in [0.1, 0.15) is 38.2 Å². The summed E-state index contributed by atoms with van der Waals surface area (Å²) in [6, 6.07) is 9.09. The number of hydrogen-bond acceptors (Lipinski definition) is 3. The first kappa shape index (κ1) is 17.9. The van der Waals surface area contributed by atoms with Gasteiger partial charge in [0, 0.05) is 0 Å². The normalized spacial score (nSPS) is 21.3. The highest BCUT2D eigenvalue weighted by molar-refractivity contribution is 5.79. The highest BCUT2D eigenvalue weighted by atomic mass is 19.1. The first-order chi connectivity index (χ1) is 12.0. The summed E-state index contributed by atoms with van der Waals surface area (Å²) in [5.74, 6) is 0.609. The van der Waals surface area contributed by atoms with Crippen LogP contribution in [0.2, 0.25) is 0 Å². The molecule has 1 heterocycles. The highest BCUT2D eigenvalue weighted by Gasteiger charge is 2.43. The van der Waals surface area contributed by atoms with Crippen molar-refractivity contribution in [3.05, 3.63) is 35.6 Å². The van der Waals surface area contributed by atoms with Gasteiger partial charge in [-0.3, -0.25) is 9.69 Å². The van der Waals surface area contributed by atoms with Gasteiger partial charge in [0.15, 0.2) is 0 Å². The molecule has 1 saturated heterocycles. The van der Waals surface area contributed by atoms with Gasteiger partial charge in [0.25, 0.3) is 0 Å². The molecule has 1 N–H and O–H groups in total. The van der Waals surface area contributed by atoms with E-state index in [1.165, 1.54) is 6.07 Å². The number of hydrogen-bond donors (Lipinski definition) is 1. The number of carbonyl (C=O) groups is 1. The number of nitriles is 1. The average Bonchev–Trinajstić information content (AvgIpc) is 3.42. The Bertz CT molecular complexity index is 659. The number of halogens is 1. The Balaban J connectivity index is 1.43. The van der Waals surface area contributed by atoms with Gasteiger partial charge in [-0.15, -0.1) is 0 Å². The van der Waals surface area contributed by atoms with E-state index in [0.717, 1.165) is 50.8 Å². The number of nitrogens with one attached hydrogen (secondary N) is 1. The van der Waals surface area contributed by atoms with Gasteiger partial charge in [0.1, 0.15) is 11.4 Å². The molecule has 5 heteroatoms. The molecule has 0 bridgehead atoms. The standard InChI is InChI=1S/C20H26FN3O/c1-20(14-22,17-5-6-17)23-19(25)13-24-9-7-15(8-10-24)11-16-3-2-4-18(21)12-16/h2-4,12,15,17H,5-11,13H2,1H3,(H,23,25). The van der Waals surface area contributed by atoms with Crippen molar-refractivity contribution < 1.29 is 9.18 Å². The van der Waals surface area contributed by atoms with Crippen molar-refractivity contribution in [2.24, 2.45) is 11.8 Å². The van der Waals surface area contributed by atoms with Gasteiger partial charge in [0.05, 0.1) is 12.6 Å². The van der Waals surface area contributed by atoms with E-state index < -0.39 is 5.54 Å². The molecular formula is C20H26FN3O. The van der Waals surface area contributed by atoms with E-state index in [9.17, 15) is 14.4 Å². The zero-order valence-electron chi connectivity index (χ0n) is 14.8. The molecule has 0 radical (unpaired) electrons. The molecule has 0 aromatic heterocycles. The lowest BCUT2D eigenvalue weighted by atomic mass is 9.90. The van der Waals surface area contributed by atoms with E-state index in [4.69, 9.17) is 0 Å². The van der Waals surface area contributed by atoms with Gasteiger partial charge in [-0.1, -0.05) is 12.1 Å². The molecule has 1 aliphatic carbocycles. The van der Waals surface area contributed by atoms with Crippen LogP contribution in [0.15, 0.2) is 24.3 Å². The summed E-state index contributed by atoms with van der Waals surface area (Å²) < 4.78 is 13.3. The molecule has 1 saturated carbocycles. The Morgan fingerprint density at radius 3 is 2.68 bits per heavy atom. The number of likely N-dealkylation sites (tertiary alicyclic amines) is 1. The Morgan fingerprint density at radius 2 is 2.08 bits per heavy atom. The maximum atomic E-state index is 13.3. The molecule has 1 aromatic rings. The maximum absolute atomic E-state index is 13.3. The zero-order valence-corrected chi connectivity index (χ0v) is 14.8. The van der Waals surface area contributed by atoms with Crippen LogP contribution in [0, 0.1) is 29.0 Å². The van der Waals surface area contributed by atoms with Crippen molar-refractivity contribution in [3.63, 3.8) is 0 Å². The smallest absolute Gasteiger partial charge is 0.235 e. The maximum Gasteiger partial charge on any atom is 0.235 e. The molecule has 134 valence electrons. The lowest BCUT2D eigenvalue weighted by molar-refractivity contribution is -0.124. The minimum atomic E-state index is -0.715. The van der Waals surface area contributed by atoms with Crippen LogP contribution in [-0.4, -0.2) is 36.0 Å². The molecule has 1 aliphatic heterocycles. The fraction of sp³-hybridized carbons (Fsp3) is 0.600. The minimum absolute atomic E-state index is 0.0560. The van der Waals surface area contributed by atoms with Crippen molar-refractivity contribution in [1.82, 2.24) is 10.2 Å². The molecule has 3 rings (SSSR count). The number of rotatable bonds is 6. The van der Waals surface area contributed by atoms with Crippen molar-refractivity contribution in [2.75, 3.05) is 19.6 Å². The largest absolute Gasteiger partial charge is 0.337 e. The van der Waals surface area contributed by atoms with Crippen LogP contribution < -0.4 is 5.32 Å². The first-order valence-electron chi connectivity index (χ1n) is 9.17. The highest BCUT2D eigenvalue weighted by Crippen LogP contribution is 2.39. The summed E-state index contributed by atoms with van der Waals surface area (Å²) in [5, 5.41) is 12.3. The van der Waals surface area contributed by atoms with Crippen molar-refractivity contribution in [3.8, 4) is 6.07 Å². The molecule has 1 amide bonds. The summed E-state index contributed by atoms with van der Waals surface area (Å²) in [5.41, 5.74) is 0.331. The minimum Gasteiger partial charge on any atom is -0.337 e. The van der Waals surface area contributed by atoms with E-state index in [2.05, 4.69) is 16.3 Å². The SMILES string of the molecule is CC(C#N)(NC(=O)CN1CCC(Cc2cccc(F)c2)CC1)C1CC1. The third-order valence-electron chi connectivity index (χ3n) is 5.51. The summed E-state index contributed by atoms with van der Waals surface area (Å²) in [6.07, 6.45) is 4.97. The van der Waals surface area contributed by atoms with Crippen LogP contribution in [0.3, 0.4) is 0 Å². The molecule has 1 aromatic carbocycles. The van der Waals surface area contributed by atoms with Crippen LogP contribution in [0.25, 0.3) is 0 Å². The van der Waals surface area contributed by atoms with Crippen LogP contribution in [0.4, 0.5) is 4.39 Å². The monoisotopic (exact) mass is 343 g/mol.